The Balaban J connectivity index is 0.000000371. The third kappa shape index (κ3) is 2.58. The van der Waals surface area contributed by atoms with Crippen molar-refractivity contribution in [2.24, 2.45) is 0 Å². The first-order valence-corrected chi connectivity index (χ1v) is 3.54. The van der Waals surface area contributed by atoms with Crippen LogP contribution in [0.2, 0.25) is 0 Å². The largest absolute Gasteiger partial charge is 0.245 e. The minimum absolute atomic E-state index is 1.06. The minimum atomic E-state index is 1.06. The van der Waals surface area contributed by atoms with E-state index in [-0.39, 0.29) is 0 Å². The van der Waals surface area contributed by atoms with Crippen molar-refractivity contribution in [2.45, 2.75) is 27.7 Å². The van der Waals surface area contributed by atoms with Crippen LogP contribution in [0.4, 0.5) is 0 Å². The third-order valence-electron chi connectivity index (χ3n) is 1.16. The lowest BCUT2D eigenvalue weighted by Crippen LogP contribution is -1.85. The fraction of sp³-hybridized carbons (Fsp3) is 0.500. The molecular formula is C8H14N2. The minimum Gasteiger partial charge on any atom is -0.245 e. The van der Waals surface area contributed by atoms with Gasteiger partial charge in [-0.15, -0.1) is 0 Å². The molecule has 0 fully saturated rings. The first-order valence-electron chi connectivity index (χ1n) is 3.54. The lowest BCUT2D eigenvalue weighted by atomic mass is 10.3. The maximum Gasteiger partial charge on any atom is 0.115 e. The van der Waals surface area contributed by atoms with E-state index in [4.69, 9.17) is 0 Å². The molecule has 0 atom stereocenters. The zero-order valence-corrected chi connectivity index (χ0v) is 7.05. The number of rotatable bonds is 0. The Labute approximate surface area is 62.3 Å². The average Bonchev–Trinajstić information content (AvgIpc) is 2.00. The van der Waals surface area contributed by atoms with Gasteiger partial charge in [0, 0.05) is 11.9 Å². The van der Waals surface area contributed by atoms with Crippen LogP contribution in [0.25, 0.3) is 0 Å². The van der Waals surface area contributed by atoms with Crippen molar-refractivity contribution in [1.82, 2.24) is 9.97 Å². The molecule has 0 spiro atoms. The second kappa shape index (κ2) is 4.91. The number of nitrogens with zero attached hydrogens (tertiary/aromatic N) is 2. The molecule has 1 aromatic heterocycles. The van der Waals surface area contributed by atoms with E-state index in [2.05, 4.69) is 9.97 Å². The highest BCUT2D eigenvalue weighted by molar-refractivity contribution is 5.10. The molecule has 0 aliphatic heterocycles. The van der Waals surface area contributed by atoms with Crippen molar-refractivity contribution in [3.05, 3.63) is 23.8 Å². The highest BCUT2D eigenvalue weighted by Gasteiger charge is 1.86. The molecule has 0 unspecified atom stereocenters. The molecule has 2 nitrogen and oxygen atoms in total. The van der Waals surface area contributed by atoms with Gasteiger partial charge in [-0.3, -0.25) is 0 Å². The molecule has 0 aliphatic rings. The van der Waals surface area contributed by atoms with Crippen molar-refractivity contribution in [3.8, 4) is 0 Å². The smallest absolute Gasteiger partial charge is 0.115 e. The Bertz CT molecular complexity index is 163. The van der Waals surface area contributed by atoms with E-state index in [9.17, 15) is 0 Å². The van der Waals surface area contributed by atoms with Crippen LogP contribution in [0.3, 0.4) is 0 Å². The van der Waals surface area contributed by atoms with E-state index in [1.54, 1.807) is 6.33 Å². The average molecular weight is 138 g/mol. The second-order valence-corrected chi connectivity index (χ2v) is 1.79. The number of hydrogen-bond donors (Lipinski definition) is 0. The van der Waals surface area contributed by atoms with Gasteiger partial charge in [0.15, 0.2) is 0 Å². The topological polar surface area (TPSA) is 25.8 Å². The molecule has 10 heavy (non-hydrogen) atoms. The maximum atomic E-state index is 3.97. The molecule has 0 radical (unpaired) electrons. The van der Waals surface area contributed by atoms with Crippen molar-refractivity contribution in [1.29, 1.82) is 0 Å². The normalized spacial score (nSPS) is 8.00. The maximum absolute atomic E-state index is 3.97. The van der Waals surface area contributed by atoms with E-state index in [0.29, 0.717) is 0 Å². The first-order chi connectivity index (χ1) is 4.80. The summed E-state index contributed by atoms with van der Waals surface area (Å²) in [6, 6.07) is 0. The van der Waals surface area contributed by atoms with Gasteiger partial charge in [0.1, 0.15) is 6.33 Å². The van der Waals surface area contributed by atoms with Crippen molar-refractivity contribution in [2.75, 3.05) is 0 Å². The Morgan fingerprint density at radius 3 is 2.10 bits per heavy atom. The van der Waals surface area contributed by atoms with Crippen molar-refractivity contribution >= 4 is 0 Å². The summed E-state index contributed by atoms with van der Waals surface area (Å²) in [6.45, 7) is 7.96. The molecule has 0 aliphatic carbocycles. The monoisotopic (exact) mass is 138 g/mol. The third-order valence-corrected chi connectivity index (χ3v) is 1.16. The summed E-state index contributed by atoms with van der Waals surface area (Å²) in [7, 11) is 0. The lowest BCUT2D eigenvalue weighted by molar-refractivity contribution is 1.06. The van der Waals surface area contributed by atoms with Crippen LogP contribution >= 0.6 is 0 Å². The summed E-state index contributed by atoms with van der Waals surface area (Å²) >= 11 is 0. The van der Waals surface area contributed by atoms with Gasteiger partial charge >= 0.3 is 0 Å². The van der Waals surface area contributed by atoms with Crippen LogP contribution in [0.5, 0.6) is 0 Å². The zero-order chi connectivity index (χ0) is 7.98. The summed E-state index contributed by atoms with van der Waals surface area (Å²) in [6.07, 6.45) is 3.37. The SMILES string of the molecule is CC.Cc1cncnc1C. The van der Waals surface area contributed by atoms with Crippen LogP contribution in [-0.2, 0) is 0 Å². The zero-order valence-electron chi connectivity index (χ0n) is 7.05. The summed E-state index contributed by atoms with van der Waals surface area (Å²) in [5, 5.41) is 0. The fourth-order valence-electron chi connectivity index (χ4n) is 0.460. The molecule has 2 heteroatoms. The summed E-state index contributed by atoms with van der Waals surface area (Å²) in [4.78, 5) is 7.80. The molecule has 0 saturated heterocycles. The van der Waals surface area contributed by atoms with Gasteiger partial charge < -0.3 is 0 Å². The second-order valence-electron chi connectivity index (χ2n) is 1.79. The molecule has 1 rings (SSSR count). The van der Waals surface area contributed by atoms with E-state index < -0.39 is 0 Å². The first kappa shape index (κ1) is 9.08. The lowest BCUT2D eigenvalue weighted by Gasteiger charge is -1.91. The molecule has 0 saturated carbocycles. The predicted octanol–water partition coefficient (Wildman–Crippen LogP) is 2.12. The van der Waals surface area contributed by atoms with Gasteiger partial charge in [0.25, 0.3) is 0 Å². The van der Waals surface area contributed by atoms with Crippen LogP contribution in [-0.4, -0.2) is 9.97 Å². The standard InChI is InChI=1S/C6H8N2.C2H6/c1-5-3-7-4-8-6(5)2;1-2/h3-4H,1-2H3;1-2H3. The quantitative estimate of drug-likeness (QED) is 0.548. The van der Waals surface area contributed by atoms with E-state index in [1.807, 2.05) is 33.9 Å². The van der Waals surface area contributed by atoms with Gasteiger partial charge in [-0.25, -0.2) is 9.97 Å². The molecule has 56 valence electrons. The van der Waals surface area contributed by atoms with Gasteiger partial charge in [0.2, 0.25) is 0 Å². The van der Waals surface area contributed by atoms with Gasteiger partial charge in [-0.05, 0) is 19.4 Å². The summed E-state index contributed by atoms with van der Waals surface area (Å²) < 4.78 is 0. The van der Waals surface area contributed by atoms with E-state index in [0.717, 1.165) is 11.3 Å². The number of aryl methyl sites for hydroxylation is 2. The molecule has 0 N–H and O–H groups in total. The van der Waals surface area contributed by atoms with E-state index >= 15 is 0 Å². The van der Waals surface area contributed by atoms with Crippen molar-refractivity contribution in [3.63, 3.8) is 0 Å². The van der Waals surface area contributed by atoms with Gasteiger partial charge in [0.05, 0.1) is 0 Å². The van der Waals surface area contributed by atoms with Crippen LogP contribution in [0, 0.1) is 13.8 Å². The van der Waals surface area contributed by atoms with Crippen LogP contribution in [0.15, 0.2) is 12.5 Å². The summed E-state index contributed by atoms with van der Waals surface area (Å²) in [5.74, 6) is 0. The molecule has 1 heterocycles. The number of hydrogen-bond acceptors (Lipinski definition) is 2. The Hall–Kier alpha value is -0.920. The Morgan fingerprint density at radius 2 is 1.80 bits per heavy atom. The van der Waals surface area contributed by atoms with Gasteiger partial charge in [-0.1, -0.05) is 13.8 Å². The van der Waals surface area contributed by atoms with Gasteiger partial charge in [-0.2, -0.15) is 0 Å². The highest BCUT2D eigenvalue weighted by atomic mass is 14.8. The van der Waals surface area contributed by atoms with Crippen molar-refractivity contribution < 1.29 is 0 Å². The van der Waals surface area contributed by atoms with Crippen LogP contribution in [0.1, 0.15) is 25.1 Å². The number of aromatic nitrogens is 2. The van der Waals surface area contributed by atoms with E-state index in [1.165, 1.54) is 0 Å². The highest BCUT2D eigenvalue weighted by Crippen LogP contribution is 1.95. The molecule has 0 bridgehead atoms. The van der Waals surface area contributed by atoms with Crippen LogP contribution < -0.4 is 0 Å². The molecular weight excluding hydrogens is 124 g/mol. The Kier molecular flexibility index (Phi) is 4.46. The Morgan fingerprint density at radius 1 is 1.20 bits per heavy atom. The molecule has 1 aromatic rings. The fourth-order valence-corrected chi connectivity index (χ4v) is 0.460. The molecule has 0 aromatic carbocycles. The molecule has 0 amide bonds. The predicted molar refractivity (Wildman–Crippen MR) is 42.9 cm³/mol. The summed E-state index contributed by atoms with van der Waals surface area (Å²) in [5.41, 5.74) is 2.20.